The lowest BCUT2D eigenvalue weighted by molar-refractivity contribution is 0.0585. The van der Waals surface area contributed by atoms with Gasteiger partial charge in [0, 0.05) is 45.2 Å². The van der Waals surface area contributed by atoms with E-state index in [1.165, 1.54) is 5.52 Å². The number of nitriles is 2. The lowest BCUT2D eigenvalue weighted by Gasteiger charge is -2.31. The molecule has 0 fully saturated rings. The van der Waals surface area contributed by atoms with Crippen LogP contribution in [0, 0.1) is 22.7 Å². The monoisotopic (exact) mass is 457 g/mol. The second-order valence-corrected chi connectivity index (χ2v) is 8.44. The van der Waals surface area contributed by atoms with Gasteiger partial charge in [-0.1, -0.05) is 54.6 Å². The van der Waals surface area contributed by atoms with E-state index in [9.17, 15) is 15.6 Å². The summed E-state index contributed by atoms with van der Waals surface area (Å²) in [7, 11) is 0. The number of nitrogens with zero attached hydrogens (tertiary/aromatic N) is 4. The zero-order chi connectivity index (χ0) is 24.6. The molecule has 6 heteroatoms. The molecule has 3 aromatic carbocycles. The Kier molecular flexibility index (Phi) is 5.45. The average Bonchev–Trinajstić information content (AvgIpc) is 3.16. The third-order valence-electron chi connectivity index (χ3n) is 6.43. The Morgan fingerprint density at radius 1 is 0.971 bits per heavy atom. The number of aryl methyl sites for hydroxylation is 1. The van der Waals surface area contributed by atoms with Crippen molar-refractivity contribution in [3.05, 3.63) is 101 Å². The van der Waals surface area contributed by atoms with Crippen molar-refractivity contribution in [1.82, 2.24) is 9.88 Å². The third-order valence-corrected chi connectivity index (χ3v) is 6.43. The van der Waals surface area contributed by atoms with Gasteiger partial charge in [0.25, 0.3) is 0 Å². The average molecular weight is 458 g/mol. The molecule has 1 aromatic heterocycles. The number of hydrogen-bond acceptors (Lipinski definition) is 5. The van der Waals surface area contributed by atoms with Crippen LogP contribution in [0.15, 0.2) is 94.8 Å². The van der Waals surface area contributed by atoms with Crippen LogP contribution in [0.1, 0.15) is 25.0 Å². The van der Waals surface area contributed by atoms with Gasteiger partial charge in [0.05, 0.1) is 0 Å². The summed E-state index contributed by atoms with van der Waals surface area (Å²) in [4.78, 5) is 4.39. The van der Waals surface area contributed by atoms with Crippen LogP contribution in [0.2, 0.25) is 0 Å². The van der Waals surface area contributed by atoms with E-state index in [-0.39, 0.29) is 11.4 Å². The van der Waals surface area contributed by atoms with Crippen LogP contribution in [0.3, 0.4) is 0 Å². The molecule has 2 heterocycles. The first kappa shape index (κ1) is 22.2. The predicted molar refractivity (Wildman–Crippen MR) is 138 cm³/mol. The summed E-state index contributed by atoms with van der Waals surface area (Å²) in [6.45, 7) is 4.72. The number of aliphatic imine (C=N–C) groups is 1. The Bertz CT molecular complexity index is 1640. The molecule has 0 saturated carbocycles. The van der Waals surface area contributed by atoms with Gasteiger partial charge in [0.1, 0.15) is 12.1 Å². The molecule has 0 spiro atoms. The van der Waals surface area contributed by atoms with Crippen LogP contribution < -0.4 is 5.32 Å². The molecule has 0 amide bonds. The van der Waals surface area contributed by atoms with Gasteiger partial charge in [0.2, 0.25) is 0 Å². The lowest BCUT2D eigenvalue weighted by atomic mass is 9.89. The maximum absolute atomic E-state index is 12.0. The highest BCUT2D eigenvalue weighted by molar-refractivity contribution is 6.10. The maximum atomic E-state index is 12.0. The normalized spacial score (nSPS) is 19.2. The lowest BCUT2D eigenvalue weighted by Crippen LogP contribution is -2.44. The molecule has 0 bridgehead atoms. The van der Waals surface area contributed by atoms with Crippen LogP contribution in [0.25, 0.3) is 27.9 Å². The molecule has 5 rings (SSSR count). The minimum absolute atomic E-state index is 0.0655. The van der Waals surface area contributed by atoms with Crippen LogP contribution in [0.4, 0.5) is 0 Å². The molecule has 1 aliphatic rings. The van der Waals surface area contributed by atoms with E-state index in [1.807, 2.05) is 54.6 Å². The Balaban J connectivity index is 1.76. The fraction of sp³-hybridized carbons (Fsp3) is 0.138. The molecule has 1 unspecified atom stereocenters. The number of allylic oxidation sites excluding steroid dienone is 2. The maximum Gasteiger partial charge on any atom is 0.191 e. The number of aliphatic hydroxyl groups is 1. The summed E-state index contributed by atoms with van der Waals surface area (Å²) in [6, 6.07) is 27.5. The molecular weight excluding hydrogens is 434 g/mol. The van der Waals surface area contributed by atoms with Crippen molar-refractivity contribution in [1.29, 1.82) is 10.5 Å². The minimum Gasteiger partial charge on any atom is -0.363 e. The number of para-hydroxylation sites is 1. The highest BCUT2D eigenvalue weighted by Crippen LogP contribution is 2.35. The Hall–Kier alpha value is -4.65. The number of hydrogen-bond donors (Lipinski definition) is 2. The molecule has 170 valence electrons. The zero-order valence-corrected chi connectivity index (χ0v) is 19.4. The largest absolute Gasteiger partial charge is 0.363 e. The third kappa shape index (κ3) is 3.58. The first-order valence-electron chi connectivity index (χ1n) is 11.4. The van der Waals surface area contributed by atoms with Crippen LogP contribution in [-0.2, 0) is 12.3 Å². The Morgan fingerprint density at radius 2 is 1.69 bits per heavy atom. The van der Waals surface area contributed by atoms with E-state index < -0.39 is 5.72 Å². The van der Waals surface area contributed by atoms with Crippen molar-refractivity contribution >= 4 is 33.6 Å². The Labute approximate surface area is 203 Å². The van der Waals surface area contributed by atoms with Gasteiger partial charge >= 0.3 is 0 Å². The van der Waals surface area contributed by atoms with Gasteiger partial charge in [0.15, 0.2) is 17.1 Å². The molecule has 2 N–H and O–H groups in total. The van der Waals surface area contributed by atoms with Crippen molar-refractivity contribution < 1.29 is 5.11 Å². The standard InChI is InChI=1S/C29H23N5O/c1-3-34-27-12-8-7-11-22(27)23-15-20(13-14-28(23)34)16-24-19(2)32-25(17-30)26(18-31)33-29(24,35)21-9-5-4-6-10-21/h4-16,33,35H,3H2,1-2H3. The number of aromatic nitrogens is 1. The second kappa shape index (κ2) is 8.61. The van der Waals surface area contributed by atoms with Gasteiger partial charge in [-0.25, -0.2) is 4.99 Å². The highest BCUT2D eigenvalue weighted by Gasteiger charge is 2.38. The van der Waals surface area contributed by atoms with E-state index >= 15 is 0 Å². The molecule has 1 atom stereocenters. The molecular formula is C29H23N5O. The topological polar surface area (TPSA) is 97.1 Å². The molecule has 35 heavy (non-hydrogen) atoms. The van der Waals surface area contributed by atoms with Gasteiger partial charge in [-0.05, 0) is 43.7 Å². The molecule has 6 nitrogen and oxygen atoms in total. The molecule has 0 aliphatic carbocycles. The summed E-state index contributed by atoms with van der Waals surface area (Å²) >= 11 is 0. The van der Waals surface area contributed by atoms with Gasteiger partial charge in [-0.15, -0.1) is 0 Å². The van der Waals surface area contributed by atoms with Crippen molar-refractivity contribution in [2.75, 3.05) is 0 Å². The van der Waals surface area contributed by atoms with Gasteiger partial charge < -0.3 is 15.0 Å². The first-order chi connectivity index (χ1) is 17.0. The van der Waals surface area contributed by atoms with Crippen molar-refractivity contribution in [3.8, 4) is 12.1 Å². The number of nitrogens with one attached hydrogen (secondary N) is 1. The molecule has 1 aliphatic heterocycles. The van der Waals surface area contributed by atoms with Crippen LogP contribution in [-0.4, -0.2) is 15.4 Å². The van der Waals surface area contributed by atoms with Crippen LogP contribution >= 0.6 is 0 Å². The summed E-state index contributed by atoms with van der Waals surface area (Å²) in [6.07, 6.45) is 1.87. The smallest absolute Gasteiger partial charge is 0.191 e. The second-order valence-electron chi connectivity index (χ2n) is 8.44. The summed E-state index contributed by atoms with van der Waals surface area (Å²) in [5, 5.41) is 36.4. The minimum atomic E-state index is -1.76. The van der Waals surface area contributed by atoms with Crippen molar-refractivity contribution in [3.63, 3.8) is 0 Å². The number of rotatable bonds is 3. The SMILES string of the molecule is CCn1c2ccccc2c2cc(C=C3C(C)=NC(C#N)=C(C#N)NC3(O)c3ccccc3)ccc21. The van der Waals surface area contributed by atoms with E-state index in [4.69, 9.17) is 0 Å². The van der Waals surface area contributed by atoms with E-state index in [0.29, 0.717) is 16.8 Å². The van der Waals surface area contributed by atoms with Gasteiger partial charge in [-0.2, -0.15) is 10.5 Å². The molecule has 0 saturated heterocycles. The summed E-state index contributed by atoms with van der Waals surface area (Å²) in [5.74, 6) is 0. The Morgan fingerprint density at radius 3 is 2.40 bits per heavy atom. The van der Waals surface area contributed by atoms with E-state index in [0.717, 1.165) is 28.4 Å². The van der Waals surface area contributed by atoms with Crippen LogP contribution in [0.5, 0.6) is 0 Å². The summed E-state index contributed by atoms with van der Waals surface area (Å²) < 4.78 is 2.28. The molecule has 4 aromatic rings. The number of benzene rings is 3. The van der Waals surface area contributed by atoms with E-state index in [2.05, 4.69) is 46.1 Å². The number of fused-ring (bicyclic) bond motifs is 3. The highest BCUT2D eigenvalue weighted by atomic mass is 16.3. The van der Waals surface area contributed by atoms with Crippen molar-refractivity contribution in [2.24, 2.45) is 4.99 Å². The fourth-order valence-corrected chi connectivity index (χ4v) is 4.80. The quantitative estimate of drug-likeness (QED) is 0.432. The van der Waals surface area contributed by atoms with E-state index in [1.54, 1.807) is 19.1 Å². The first-order valence-corrected chi connectivity index (χ1v) is 11.4. The summed E-state index contributed by atoms with van der Waals surface area (Å²) in [5.41, 5.74) is 2.72. The van der Waals surface area contributed by atoms with Crippen molar-refractivity contribution in [2.45, 2.75) is 26.1 Å². The predicted octanol–water partition coefficient (Wildman–Crippen LogP) is 5.37. The molecule has 0 radical (unpaired) electrons. The fourth-order valence-electron chi connectivity index (χ4n) is 4.80. The zero-order valence-electron chi connectivity index (χ0n) is 19.4. The van der Waals surface area contributed by atoms with Gasteiger partial charge in [-0.3, -0.25) is 0 Å².